The number of aromatic nitrogens is 1. The van der Waals surface area contributed by atoms with Crippen LogP contribution in [-0.2, 0) is 4.74 Å². The Morgan fingerprint density at radius 2 is 2.03 bits per heavy atom. The Hall–Kier alpha value is -2.86. The van der Waals surface area contributed by atoms with Crippen LogP contribution in [0.5, 0.6) is 0 Å². The maximum absolute atomic E-state index is 14.2. The quantitative estimate of drug-likeness (QED) is 0.616. The number of halogens is 2. The van der Waals surface area contributed by atoms with Gasteiger partial charge >= 0.3 is 6.09 Å². The predicted molar refractivity (Wildman–Crippen MR) is 126 cm³/mol. The Balaban J connectivity index is 1.80. The fourth-order valence-electron chi connectivity index (χ4n) is 3.57. The molecule has 0 atom stereocenters. The topological polar surface area (TPSA) is 104 Å². The van der Waals surface area contributed by atoms with E-state index in [2.05, 4.69) is 26.1 Å². The van der Waals surface area contributed by atoms with Crippen molar-refractivity contribution in [2.75, 3.05) is 23.7 Å². The summed E-state index contributed by atoms with van der Waals surface area (Å²) in [5, 5.41) is 11.9. The van der Waals surface area contributed by atoms with Crippen molar-refractivity contribution in [2.45, 2.75) is 52.2 Å². The molecule has 2 aromatic rings. The second-order valence-electron chi connectivity index (χ2n) is 8.85. The summed E-state index contributed by atoms with van der Waals surface area (Å²) in [4.78, 5) is 18.9. The van der Waals surface area contributed by atoms with Gasteiger partial charge in [-0.2, -0.15) is 5.26 Å². The van der Waals surface area contributed by atoms with Crippen molar-refractivity contribution < 1.29 is 13.9 Å². The van der Waals surface area contributed by atoms with E-state index in [-0.39, 0.29) is 11.6 Å². The molecule has 7 nitrogen and oxygen atoms in total. The molecule has 3 rings (SSSR count). The Labute approximate surface area is 195 Å². The molecule has 170 valence electrons. The molecule has 1 aliphatic rings. The van der Waals surface area contributed by atoms with E-state index < -0.39 is 17.5 Å². The van der Waals surface area contributed by atoms with Gasteiger partial charge in [-0.15, -0.1) is 0 Å². The van der Waals surface area contributed by atoms with Crippen molar-refractivity contribution >= 4 is 33.5 Å². The SMILES string of the molecule is Cc1c(N)c(N2CCC(NC(=O)OC(C)(C)C)CC2)nc(-c2ccc(C#N)c(F)c2)c1Br. The standard InChI is InChI=1S/C23H27BrFN5O2/c1-13-18(24)20(14-5-6-15(12-26)17(25)11-14)29-21(19(13)27)30-9-7-16(8-10-30)28-22(31)32-23(2,3)4/h5-6,11,16H,7-10,27H2,1-4H3,(H,28,31). The summed E-state index contributed by atoms with van der Waals surface area (Å²) in [5.41, 5.74) is 8.29. The van der Waals surface area contributed by atoms with Gasteiger partial charge in [0.2, 0.25) is 0 Å². The summed E-state index contributed by atoms with van der Waals surface area (Å²) in [6.07, 6.45) is 1.02. The average Bonchev–Trinajstić information content (AvgIpc) is 2.71. The smallest absolute Gasteiger partial charge is 0.407 e. The fourth-order valence-corrected chi connectivity index (χ4v) is 4.11. The Morgan fingerprint density at radius 1 is 1.38 bits per heavy atom. The van der Waals surface area contributed by atoms with Crippen LogP contribution in [0.25, 0.3) is 11.3 Å². The molecule has 2 heterocycles. The highest BCUT2D eigenvalue weighted by atomic mass is 79.9. The fraction of sp³-hybridized carbons (Fsp3) is 0.435. The maximum atomic E-state index is 14.2. The monoisotopic (exact) mass is 503 g/mol. The van der Waals surface area contributed by atoms with Crippen molar-refractivity contribution in [3.63, 3.8) is 0 Å². The van der Waals surface area contributed by atoms with Gasteiger partial charge in [0.1, 0.15) is 17.5 Å². The van der Waals surface area contributed by atoms with Crippen molar-refractivity contribution in [1.82, 2.24) is 10.3 Å². The van der Waals surface area contributed by atoms with Crippen molar-refractivity contribution in [3.8, 4) is 17.3 Å². The van der Waals surface area contributed by atoms with E-state index >= 15 is 0 Å². The van der Waals surface area contributed by atoms with Crippen LogP contribution in [0.4, 0.5) is 20.7 Å². The number of rotatable bonds is 3. The van der Waals surface area contributed by atoms with Crippen molar-refractivity contribution in [1.29, 1.82) is 5.26 Å². The number of benzene rings is 1. The molecule has 32 heavy (non-hydrogen) atoms. The number of hydrogen-bond donors (Lipinski definition) is 2. The van der Waals surface area contributed by atoms with Gasteiger partial charge in [0.25, 0.3) is 0 Å². The minimum Gasteiger partial charge on any atom is -0.444 e. The lowest BCUT2D eigenvalue weighted by molar-refractivity contribution is 0.0497. The minimum absolute atomic E-state index is 0.00552. The molecular weight excluding hydrogens is 477 g/mol. The van der Waals surface area contributed by atoms with Gasteiger partial charge in [-0.25, -0.2) is 14.2 Å². The summed E-state index contributed by atoms with van der Waals surface area (Å²) < 4.78 is 20.2. The molecule has 0 aliphatic carbocycles. The number of pyridine rings is 1. The summed E-state index contributed by atoms with van der Waals surface area (Å²) in [6, 6.07) is 6.26. The number of nitriles is 1. The van der Waals surface area contributed by atoms with Crippen LogP contribution < -0.4 is 16.0 Å². The molecule has 0 radical (unpaired) electrons. The third kappa shape index (κ3) is 5.30. The molecular formula is C23H27BrFN5O2. The molecule has 9 heteroatoms. The highest BCUT2D eigenvalue weighted by Gasteiger charge is 2.26. The van der Waals surface area contributed by atoms with Gasteiger partial charge in [-0.3, -0.25) is 0 Å². The first-order valence-electron chi connectivity index (χ1n) is 10.4. The lowest BCUT2D eigenvalue weighted by Gasteiger charge is -2.34. The Bertz CT molecular complexity index is 1070. The molecule has 0 spiro atoms. The van der Waals surface area contributed by atoms with E-state index in [9.17, 15) is 9.18 Å². The van der Waals surface area contributed by atoms with Crippen LogP contribution in [0.2, 0.25) is 0 Å². The molecule has 0 saturated carbocycles. The summed E-state index contributed by atoms with van der Waals surface area (Å²) in [7, 11) is 0. The molecule has 1 aliphatic heterocycles. The van der Waals surface area contributed by atoms with Gasteiger partial charge in [-0.1, -0.05) is 6.07 Å². The Kier molecular flexibility index (Phi) is 6.94. The molecule has 0 unspecified atom stereocenters. The van der Waals surface area contributed by atoms with Gasteiger partial charge < -0.3 is 20.7 Å². The van der Waals surface area contributed by atoms with Crippen molar-refractivity contribution in [3.05, 3.63) is 39.6 Å². The molecule has 1 amide bonds. The normalized spacial score (nSPS) is 14.7. The highest BCUT2D eigenvalue weighted by molar-refractivity contribution is 9.10. The van der Waals surface area contributed by atoms with E-state index in [4.69, 9.17) is 20.7 Å². The molecule has 3 N–H and O–H groups in total. The number of carbonyl (C=O) groups excluding carboxylic acids is 1. The molecule has 1 aromatic heterocycles. The number of piperidine rings is 1. The van der Waals surface area contributed by atoms with E-state index in [1.807, 2.05) is 33.8 Å². The zero-order chi connectivity index (χ0) is 23.6. The summed E-state index contributed by atoms with van der Waals surface area (Å²) in [6.45, 7) is 8.68. The number of anilines is 2. The first kappa shape index (κ1) is 23.8. The first-order chi connectivity index (χ1) is 15.0. The number of nitrogen functional groups attached to an aromatic ring is 1. The summed E-state index contributed by atoms with van der Waals surface area (Å²) >= 11 is 3.54. The number of nitrogens with one attached hydrogen (secondary N) is 1. The van der Waals surface area contributed by atoms with Gasteiger partial charge in [-0.05, 0) is 74.2 Å². The molecule has 1 aromatic carbocycles. The van der Waals surface area contributed by atoms with E-state index in [1.54, 1.807) is 6.07 Å². The number of alkyl carbamates (subject to hydrolysis) is 1. The second-order valence-corrected chi connectivity index (χ2v) is 9.64. The third-order valence-electron chi connectivity index (χ3n) is 5.28. The van der Waals surface area contributed by atoms with Crippen LogP contribution in [0.3, 0.4) is 0 Å². The van der Waals surface area contributed by atoms with E-state index in [0.717, 1.165) is 18.4 Å². The average molecular weight is 504 g/mol. The Morgan fingerprint density at radius 3 is 2.59 bits per heavy atom. The zero-order valence-corrected chi connectivity index (χ0v) is 20.2. The van der Waals surface area contributed by atoms with Crippen LogP contribution in [-0.4, -0.2) is 35.8 Å². The van der Waals surface area contributed by atoms with Crippen LogP contribution in [0.1, 0.15) is 44.7 Å². The van der Waals surface area contributed by atoms with Crippen LogP contribution in [0.15, 0.2) is 22.7 Å². The number of hydrogen-bond acceptors (Lipinski definition) is 6. The largest absolute Gasteiger partial charge is 0.444 e. The van der Waals surface area contributed by atoms with Gasteiger partial charge in [0, 0.05) is 29.2 Å². The number of amides is 1. The molecule has 1 fully saturated rings. The maximum Gasteiger partial charge on any atom is 0.407 e. The highest BCUT2D eigenvalue weighted by Crippen LogP contribution is 2.38. The number of carbonyl (C=O) groups is 1. The van der Waals surface area contributed by atoms with Crippen LogP contribution >= 0.6 is 15.9 Å². The van der Waals surface area contributed by atoms with E-state index in [1.165, 1.54) is 12.1 Å². The zero-order valence-electron chi connectivity index (χ0n) is 18.6. The molecule has 1 saturated heterocycles. The summed E-state index contributed by atoms with van der Waals surface area (Å²) in [5.74, 6) is 0.0324. The number of nitrogens with two attached hydrogens (primary N) is 1. The number of nitrogens with zero attached hydrogens (tertiary/aromatic N) is 3. The first-order valence-corrected chi connectivity index (χ1v) is 11.2. The van der Waals surface area contributed by atoms with Crippen LogP contribution in [0, 0.1) is 24.1 Å². The lowest BCUT2D eigenvalue weighted by atomic mass is 10.0. The van der Waals surface area contributed by atoms with Gasteiger partial charge in [0.15, 0.2) is 5.82 Å². The van der Waals surface area contributed by atoms with Gasteiger partial charge in [0.05, 0.1) is 16.9 Å². The second kappa shape index (κ2) is 9.33. The van der Waals surface area contributed by atoms with Crippen molar-refractivity contribution in [2.24, 2.45) is 0 Å². The minimum atomic E-state index is -0.594. The van der Waals surface area contributed by atoms with E-state index in [0.29, 0.717) is 40.3 Å². The number of ether oxygens (including phenoxy) is 1. The molecule has 0 bridgehead atoms. The predicted octanol–water partition coefficient (Wildman–Crippen LogP) is 4.91. The third-order valence-corrected chi connectivity index (χ3v) is 6.25. The lowest BCUT2D eigenvalue weighted by Crippen LogP contribution is -2.46.